The molecular weight excluding hydrogens is 885 g/mol. The van der Waals surface area contributed by atoms with Crippen molar-refractivity contribution in [2.75, 3.05) is 4.90 Å². The van der Waals surface area contributed by atoms with Gasteiger partial charge in [-0.2, -0.15) is 0 Å². The average molecular weight is 931 g/mol. The first-order chi connectivity index (χ1) is 36.1. The molecule has 0 aliphatic carbocycles. The highest BCUT2D eigenvalue weighted by Gasteiger charge is 2.16. The molecule has 0 atom stereocenters. The molecule has 0 saturated carbocycles. The van der Waals surface area contributed by atoms with Crippen molar-refractivity contribution in [2.45, 2.75) is 0 Å². The van der Waals surface area contributed by atoms with Gasteiger partial charge in [-0.05, 0) is 151 Å². The molecule has 2 aromatic heterocycles. The normalized spacial score (nSPS) is 11.6. The second-order valence-corrected chi connectivity index (χ2v) is 18.9. The van der Waals surface area contributed by atoms with E-state index in [9.17, 15) is 0 Å². The number of furan rings is 1. The summed E-state index contributed by atoms with van der Waals surface area (Å²) in [4.78, 5) is 2.35. The predicted octanol–water partition coefficient (Wildman–Crippen LogP) is 19.6. The van der Waals surface area contributed by atoms with E-state index in [2.05, 4.69) is 276 Å². The number of nitrogens with zero attached hydrogens (tertiary/aromatic N) is 2. The molecule has 14 rings (SSSR count). The summed E-state index contributed by atoms with van der Waals surface area (Å²) in [5, 5.41) is 7.30. The SMILES string of the molecule is c1cc(-c2ccc(-c3ccc(N(c4ccc(-c5ccc(-c6ccc7c(c6)oc6ccccc67)cc5)cc4)c4ccc(-c5ccc6ccccc6c5)cc4)cc3)cc2)cc(-n2c3ccccc3c3ccccc32)c1. The second kappa shape index (κ2) is 17.6. The van der Waals surface area contributed by atoms with E-state index in [1.807, 2.05) is 12.1 Å². The standard InChI is InChI=1S/C70H46N2O/c1-2-11-55-44-57(29-28-47(55)10-1)54-34-41-61(42-35-54)71(60-39-32-51(33-40-60)49-22-26-53(27-23-49)58-36-43-66-65-16-5-8-19-69(65)73-70(66)46-58)59-37-30-50(31-38-59)48-20-24-52(25-21-48)56-12-9-13-62(45-56)72-67-17-6-3-14-63(67)64-15-4-7-18-68(64)72/h1-46H. The molecule has 14 aromatic rings. The topological polar surface area (TPSA) is 21.3 Å². The maximum atomic E-state index is 6.21. The molecule has 0 radical (unpaired) electrons. The van der Waals surface area contributed by atoms with Gasteiger partial charge in [-0.3, -0.25) is 0 Å². The lowest BCUT2D eigenvalue weighted by Gasteiger charge is -2.26. The van der Waals surface area contributed by atoms with Crippen molar-refractivity contribution >= 4 is 71.6 Å². The number of aromatic nitrogens is 1. The van der Waals surface area contributed by atoms with Gasteiger partial charge in [-0.15, -0.1) is 0 Å². The van der Waals surface area contributed by atoms with Gasteiger partial charge in [0.05, 0.1) is 11.0 Å². The third-order valence-electron chi connectivity index (χ3n) is 14.6. The molecule has 0 unspecified atom stereocenters. The summed E-state index contributed by atoms with van der Waals surface area (Å²) in [6, 6.07) is 101. The summed E-state index contributed by atoms with van der Waals surface area (Å²) in [6.07, 6.45) is 0. The Morgan fingerprint density at radius 3 is 1.21 bits per heavy atom. The molecule has 73 heavy (non-hydrogen) atoms. The number of hydrogen-bond donors (Lipinski definition) is 0. The van der Waals surface area contributed by atoms with Crippen molar-refractivity contribution in [2.24, 2.45) is 0 Å². The van der Waals surface area contributed by atoms with Crippen LogP contribution in [0.1, 0.15) is 0 Å². The molecule has 2 heterocycles. The van der Waals surface area contributed by atoms with Crippen molar-refractivity contribution in [3.8, 4) is 61.3 Å². The Morgan fingerprint density at radius 2 is 0.644 bits per heavy atom. The molecule has 342 valence electrons. The first-order valence-electron chi connectivity index (χ1n) is 25.0. The van der Waals surface area contributed by atoms with Gasteiger partial charge in [0.25, 0.3) is 0 Å². The molecule has 0 aliphatic heterocycles. The van der Waals surface area contributed by atoms with E-state index >= 15 is 0 Å². The van der Waals surface area contributed by atoms with Crippen LogP contribution in [0.2, 0.25) is 0 Å². The zero-order valence-corrected chi connectivity index (χ0v) is 39.9. The van der Waals surface area contributed by atoms with Gasteiger partial charge in [0.2, 0.25) is 0 Å². The highest BCUT2D eigenvalue weighted by molar-refractivity contribution is 6.09. The highest BCUT2D eigenvalue weighted by Crippen LogP contribution is 2.40. The number of para-hydroxylation sites is 3. The number of hydrogen-bond acceptors (Lipinski definition) is 2. The van der Waals surface area contributed by atoms with E-state index in [0.717, 1.165) is 72.5 Å². The van der Waals surface area contributed by atoms with Crippen molar-refractivity contribution in [3.63, 3.8) is 0 Å². The highest BCUT2D eigenvalue weighted by atomic mass is 16.3. The summed E-state index contributed by atoms with van der Waals surface area (Å²) in [6.45, 7) is 0. The lowest BCUT2D eigenvalue weighted by molar-refractivity contribution is 0.669. The van der Waals surface area contributed by atoms with Gasteiger partial charge in [-0.25, -0.2) is 0 Å². The van der Waals surface area contributed by atoms with Gasteiger partial charge in [0.15, 0.2) is 0 Å². The van der Waals surface area contributed by atoms with Crippen molar-refractivity contribution in [1.82, 2.24) is 4.57 Å². The first kappa shape index (κ1) is 42.2. The lowest BCUT2D eigenvalue weighted by Crippen LogP contribution is -2.09. The van der Waals surface area contributed by atoms with Crippen LogP contribution in [0, 0.1) is 0 Å². The number of fused-ring (bicyclic) bond motifs is 7. The fourth-order valence-corrected chi connectivity index (χ4v) is 10.9. The Kier molecular flexibility index (Phi) is 10.2. The molecule has 3 nitrogen and oxygen atoms in total. The van der Waals surface area contributed by atoms with E-state index in [1.165, 1.54) is 60.4 Å². The number of benzene rings is 12. The van der Waals surface area contributed by atoms with Crippen LogP contribution in [-0.2, 0) is 0 Å². The van der Waals surface area contributed by atoms with E-state index < -0.39 is 0 Å². The zero-order valence-electron chi connectivity index (χ0n) is 39.9. The number of rotatable bonds is 9. The summed E-state index contributed by atoms with van der Waals surface area (Å²) in [5.41, 5.74) is 20.4. The Morgan fingerprint density at radius 1 is 0.247 bits per heavy atom. The van der Waals surface area contributed by atoms with Crippen LogP contribution in [0.4, 0.5) is 17.1 Å². The van der Waals surface area contributed by atoms with Gasteiger partial charge in [-0.1, -0.05) is 194 Å². The third kappa shape index (κ3) is 7.63. The van der Waals surface area contributed by atoms with Crippen LogP contribution in [0.25, 0.3) is 116 Å². The molecular formula is C70H46N2O. The molecule has 0 spiro atoms. The second-order valence-electron chi connectivity index (χ2n) is 18.9. The van der Waals surface area contributed by atoms with Crippen LogP contribution in [0.3, 0.4) is 0 Å². The van der Waals surface area contributed by atoms with E-state index in [1.54, 1.807) is 0 Å². The molecule has 12 aromatic carbocycles. The van der Waals surface area contributed by atoms with Crippen LogP contribution < -0.4 is 4.90 Å². The van der Waals surface area contributed by atoms with Gasteiger partial charge in [0.1, 0.15) is 11.2 Å². The average Bonchev–Trinajstić information content (AvgIpc) is 4.01. The number of anilines is 3. The molecule has 0 N–H and O–H groups in total. The minimum Gasteiger partial charge on any atom is -0.456 e. The molecule has 0 bridgehead atoms. The van der Waals surface area contributed by atoms with Gasteiger partial charge < -0.3 is 13.9 Å². The lowest BCUT2D eigenvalue weighted by atomic mass is 9.98. The van der Waals surface area contributed by atoms with Crippen molar-refractivity contribution in [3.05, 3.63) is 279 Å². The maximum Gasteiger partial charge on any atom is 0.136 e. The van der Waals surface area contributed by atoms with E-state index in [4.69, 9.17) is 4.42 Å². The van der Waals surface area contributed by atoms with Crippen LogP contribution >= 0.6 is 0 Å². The third-order valence-corrected chi connectivity index (χ3v) is 14.6. The van der Waals surface area contributed by atoms with Crippen LogP contribution in [-0.4, -0.2) is 4.57 Å². The molecule has 0 saturated heterocycles. The van der Waals surface area contributed by atoms with E-state index in [0.29, 0.717) is 0 Å². The minimum absolute atomic E-state index is 0.907. The molecule has 0 aliphatic rings. The van der Waals surface area contributed by atoms with E-state index in [-0.39, 0.29) is 0 Å². The fraction of sp³-hybridized carbons (Fsp3) is 0. The summed E-state index contributed by atoms with van der Waals surface area (Å²) in [5.74, 6) is 0. The molecule has 0 amide bonds. The quantitative estimate of drug-likeness (QED) is 0.144. The monoisotopic (exact) mass is 930 g/mol. The van der Waals surface area contributed by atoms with Gasteiger partial charge >= 0.3 is 0 Å². The van der Waals surface area contributed by atoms with Crippen molar-refractivity contribution in [1.29, 1.82) is 0 Å². The smallest absolute Gasteiger partial charge is 0.136 e. The molecule has 0 fully saturated rings. The first-order valence-corrected chi connectivity index (χ1v) is 25.0. The van der Waals surface area contributed by atoms with Crippen LogP contribution in [0.5, 0.6) is 0 Å². The Hall–Kier alpha value is -9.70. The predicted molar refractivity (Wildman–Crippen MR) is 307 cm³/mol. The summed E-state index contributed by atoms with van der Waals surface area (Å²) < 4.78 is 8.59. The van der Waals surface area contributed by atoms with Crippen molar-refractivity contribution < 1.29 is 4.42 Å². The summed E-state index contributed by atoms with van der Waals surface area (Å²) >= 11 is 0. The summed E-state index contributed by atoms with van der Waals surface area (Å²) in [7, 11) is 0. The molecule has 3 heteroatoms. The maximum absolute atomic E-state index is 6.21. The van der Waals surface area contributed by atoms with Gasteiger partial charge in [0, 0.05) is 44.3 Å². The zero-order chi connectivity index (χ0) is 48.2. The minimum atomic E-state index is 0.907. The largest absolute Gasteiger partial charge is 0.456 e. The fourth-order valence-electron chi connectivity index (χ4n) is 10.9. The Balaban J connectivity index is 0.757. The Bertz CT molecular complexity index is 4280. The van der Waals surface area contributed by atoms with Crippen LogP contribution in [0.15, 0.2) is 283 Å². The Labute approximate surface area is 423 Å².